The molecule has 0 bridgehead atoms. The molecule has 0 aromatic carbocycles. The van der Waals surface area contributed by atoms with Gasteiger partial charge in [0, 0.05) is 30.3 Å². The largest absolute Gasteiger partial charge is 0.338 e. The number of likely N-dealkylation sites (tertiary alicyclic amines) is 1. The fraction of sp³-hybridized carbons (Fsp3) is 0.929. The highest BCUT2D eigenvalue weighted by Gasteiger charge is 2.37. The van der Waals surface area contributed by atoms with Gasteiger partial charge in [0.25, 0.3) is 0 Å². The first-order chi connectivity index (χ1) is 8.86. The first-order valence-corrected chi connectivity index (χ1v) is 8.63. The van der Waals surface area contributed by atoms with Crippen LogP contribution in [0.4, 0.5) is 0 Å². The summed E-state index contributed by atoms with van der Waals surface area (Å²) in [6, 6.07) is 1.06. The van der Waals surface area contributed by atoms with Gasteiger partial charge in [-0.2, -0.15) is 11.8 Å². The molecule has 3 aliphatic rings. The van der Waals surface area contributed by atoms with Gasteiger partial charge >= 0.3 is 0 Å². The molecule has 3 rings (SSSR count). The Morgan fingerprint density at radius 1 is 1.17 bits per heavy atom. The molecule has 0 radical (unpaired) electrons. The van der Waals surface area contributed by atoms with Crippen molar-refractivity contribution in [1.82, 2.24) is 10.2 Å². The minimum absolute atomic E-state index is 0.317. The molecule has 0 aromatic rings. The highest BCUT2D eigenvalue weighted by Crippen LogP contribution is 2.30. The minimum atomic E-state index is 0.317. The molecule has 3 saturated heterocycles. The molecule has 3 fully saturated rings. The highest BCUT2D eigenvalue weighted by atomic mass is 32.2. The van der Waals surface area contributed by atoms with Gasteiger partial charge in [-0.25, -0.2) is 0 Å². The molecule has 0 saturated carbocycles. The van der Waals surface area contributed by atoms with Gasteiger partial charge in [-0.15, -0.1) is 0 Å². The Hall–Kier alpha value is -0.220. The summed E-state index contributed by atoms with van der Waals surface area (Å²) in [7, 11) is 0. The molecule has 1 amide bonds. The summed E-state index contributed by atoms with van der Waals surface area (Å²) in [5.41, 5.74) is 0. The van der Waals surface area contributed by atoms with Crippen molar-refractivity contribution in [2.75, 3.05) is 24.6 Å². The van der Waals surface area contributed by atoms with Gasteiger partial charge in [0.15, 0.2) is 0 Å². The predicted octanol–water partition coefficient (Wildman–Crippen LogP) is 1.87. The van der Waals surface area contributed by atoms with E-state index in [9.17, 15) is 4.79 Å². The number of nitrogens with zero attached hydrogens (tertiary/aromatic N) is 1. The Balaban J connectivity index is 1.68. The number of piperidine rings is 1. The van der Waals surface area contributed by atoms with Crippen molar-refractivity contribution in [2.45, 2.75) is 50.6 Å². The van der Waals surface area contributed by atoms with Gasteiger partial charge in [-0.3, -0.25) is 4.79 Å². The zero-order chi connectivity index (χ0) is 12.4. The maximum atomic E-state index is 12.7. The van der Waals surface area contributed by atoms with Crippen LogP contribution in [0.25, 0.3) is 0 Å². The predicted molar refractivity (Wildman–Crippen MR) is 75.8 cm³/mol. The molecule has 4 heteroatoms. The lowest BCUT2D eigenvalue weighted by atomic mass is 9.92. The van der Waals surface area contributed by atoms with E-state index in [0.717, 1.165) is 25.3 Å². The molecule has 0 aliphatic carbocycles. The summed E-state index contributed by atoms with van der Waals surface area (Å²) in [4.78, 5) is 14.9. The lowest BCUT2D eigenvalue weighted by Gasteiger charge is -2.40. The van der Waals surface area contributed by atoms with E-state index < -0.39 is 0 Å². The van der Waals surface area contributed by atoms with Gasteiger partial charge in [-0.1, -0.05) is 0 Å². The Morgan fingerprint density at radius 2 is 2.11 bits per heavy atom. The zero-order valence-electron chi connectivity index (χ0n) is 11.1. The number of carbonyl (C=O) groups excluding carboxylic acids is 1. The van der Waals surface area contributed by atoms with Crippen LogP contribution in [0.5, 0.6) is 0 Å². The van der Waals surface area contributed by atoms with Crippen LogP contribution in [-0.2, 0) is 4.79 Å². The first-order valence-electron chi connectivity index (χ1n) is 7.48. The molecule has 0 spiro atoms. The number of thioether (sulfide) groups is 1. The Morgan fingerprint density at radius 3 is 2.83 bits per heavy atom. The van der Waals surface area contributed by atoms with E-state index >= 15 is 0 Å². The lowest BCUT2D eigenvalue weighted by Crippen LogP contribution is -2.54. The average Bonchev–Trinajstić information content (AvgIpc) is 3.11. The molecule has 3 atom stereocenters. The molecule has 1 N–H and O–H groups in total. The molecule has 3 heterocycles. The summed E-state index contributed by atoms with van der Waals surface area (Å²) in [6.45, 7) is 2.14. The molecular formula is C14H24N2OS. The summed E-state index contributed by atoms with van der Waals surface area (Å²) in [5.74, 6) is 3.01. The van der Waals surface area contributed by atoms with Gasteiger partial charge in [0.2, 0.25) is 5.91 Å². The molecule has 3 unspecified atom stereocenters. The number of nitrogens with one attached hydrogen (secondary N) is 1. The summed E-state index contributed by atoms with van der Waals surface area (Å²) in [6.07, 6.45) is 7.35. The molecule has 3 aliphatic heterocycles. The van der Waals surface area contributed by atoms with Gasteiger partial charge in [-0.05, 0) is 50.8 Å². The quantitative estimate of drug-likeness (QED) is 0.830. The Kier molecular flexibility index (Phi) is 4.14. The summed E-state index contributed by atoms with van der Waals surface area (Å²) in [5, 5.41) is 3.60. The number of hydrogen-bond acceptors (Lipinski definition) is 3. The van der Waals surface area contributed by atoms with E-state index in [-0.39, 0.29) is 0 Å². The van der Waals surface area contributed by atoms with E-state index in [1.807, 2.05) is 11.8 Å². The third kappa shape index (κ3) is 2.55. The van der Waals surface area contributed by atoms with Crippen molar-refractivity contribution in [3.05, 3.63) is 0 Å². The molecule has 0 aromatic heterocycles. The second-order valence-electron chi connectivity index (χ2n) is 5.86. The van der Waals surface area contributed by atoms with Gasteiger partial charge in [0.05, 0.1) is 0 Å². The van der Waals surface area contributed by atoms with Crippen LogP contribution in [-0.4, -0.2) is 47.5 Å². The summed E-state index contributed by atoms with van der Waals surface area (Å²) >= 11 is 1.94. The molecule has 3 nitrogen and oxygen atoms in total. The fourth-order valence-electron chi connectivity index (χ4n) is 3.65. The smallest absolute Gasteiger partial charge is 0.226 e. The lowest BCUT2D eigenvalue weighted by molar-refractivity contribution is -0.139. The van der Waals surface area contributed by atoms with Crippen molar-refractivity contribution in [3.8, 4) is 0 Å². The van der Waals surface area contributed by atoms with E-state index in [2.05, 4.69) is 10.2 Å². The molecule has 102 valence electrons. The van der Waals surface area contributed by atoms with Crippen molar-refractivity contribution in [2.24, 2.45) is 5.92 Å². The number of rotatable bonds is 2. The van der Waals surface area contributed by atoms with Gasteiger partial charge in [0.1, 0.15) is 0 Å². The highest BCUT2D eigenvalue weighted by molar-refractivity contribution is 7.99. The van der Waals surface area contributed by atoms with Crippen LogP contribution in [0.2, 0.25) is 0 Å². The van der Waals surface area contributed by atoms with Crippen LogP contribution in [0.1, 0.15) is 38.5 Å². The van der Waals surface area contributed by atoms with Crippen LogP contribution in [0.15, 0.2) is 0 Å². The third-order valence-corrected chi connectivity index (χ3v) is 5.84. The Labute approximate surface area is 114 Å². The second-order valence-corrected chi connectivity index (χ2v) is 7.01. The first kappa shape index (κ1) is 12.8. The minimum Gasteiger partial charge on any atom is -0.338 e. The standard InChI is InChI=1S/C14H24N2OS/c17-14(11-6-9-18-10-11)16-8-2-1-5-13(16)12-4-3-7-15-12/h11-13,15H,1-10H2. The van der Waals surface area contributed by atoms with Crippen LogP contribution in [0, 0.1) is 5.92 Å². The van der Waals surface area contributed by atoms with Gasteiger partial charge < -0.3 is 10.2 Å². The fourth-order valence-corrected chi connectivity index (χ4v) is 4.86. The molecule has 18 heavy (non-hydrogen) atoms. The van der Waals surface area contributed by atoms with E-state index in [4.69, 9.17) is 0 Å². The van der Waals surface area contributed by atoms with Crippen LogP contribution < -0.4 is 5.32 Å². The maximum Gasteiger partial charge on any atom is 0.226 e. The normalized spacial score (nSPS) is 37.1. The van der Waals surface area contributed by atoms with Crippen molar-refractivity contribution in [1.29, 1.82) is 0 Å². The third-order valence-electron chi connectivity index (χ3n) is 4.67. The number of amides is 1. The molecular weight excluding hydrogens is 244 g/mol. The zero-order valence-corrected chi connectivity index (χ0v) is 11.9. The summed E-state index contributed by atoms with van der Waals surface area (Å²) < 4.78 is 0. The van der Waals surface area contributed by atoms with Crippen molar-refractivity contribution >= 4 is 17.7 Å². The van der Waals surface area contributed by atoms with Crippen LogP contribution in [0.3, 0.4) is 0 Å². The number of hydrogen-bond donors (Lipinski definition) is 1. The maximum absolute atomic E-state index is 12.7. The van der Waals surface area contributed by atoms with E-state index in [1.54, 1.807) is 0 Å². The Bertz CT molecular complexity index is 298. The van der Waals surface area contributed by atoms with Crippen molar-refractivity contribution in [3.63, 3.8) is 0 Å². The topological polar surface area (TPSA) is 32.3 Å². The SMILES string of the molecule is O=C(C1CCSC1)N1CCCCC1C1CCCN1. The average molecular weight is 268 g/mol. The monoisotopic (exact) mass is 268 g/mol. The van der Waals surface area contributed by atoms with E-state index in [0.29, 0.717) is 23.9 Å². The van der Waals surface area contributed by atoms with Crippen LogP contribution >= 0.6 is 11.8 Å². The van der Waals surface area contributed by atoms with E-state index in [1.165, 1.54) is 37.9 Å². The second kappa shape index (κ2) is 5.83. The number of carbonyl (C=O) groups is 1. The van der Waals surface area contributed by atoms with Crippen molar-refractivity contribution < 1.29 is 4.79 Å².